The molecule has 0 bridgehead atoms. The van der Waals surface area contributed by atoms with Gasteiger partial charge in [-0.25, -0.2) is 0 Å². The standard InChI is InChI=1S/C41H28O/c1-41(2)35-20-9-7-12-26(35)33-18-11-19-34(40(33)41)39-31-16-5-3-14-29(31)38(30-15-4-6-17-32(30)39)25-22-23-28-27-13-8-10-21-36(27)42-37(28)24-25/h3-24H,1-2H3. The van der Waals surface area contributed by atoms with Crippen molar-refractivity contribution >= 4 is 43.5 Å². The third-order valence-corrected chi connectivity index (χ3v) is 9.45. The third-order valence-electron chi connectivity index (χ3n) is 9.45. The Labute approximate surface area is 244 Å². The zero-order valence-electron chi connectivity index (χ0n) is 23.6. The van der Waals surface area contributed by atoms with Crippen LogP contribution >= 0.6 is 0 Å². The fourth-order valence-electron chi connectivity index (χ4n) is 7.67. The first-order valence-electron chi connectivity index (χ1n) is 14.7. The van der Waals surface area contributed by atoms with E-state index in [1.165, 1.54) is 66.1 Å². The van der Waals surface area contributed by atoms with Crippen molar-refractivity contribution in [3.8, 4) is 33.4 Å². The molecule has 1 heteroatoms. The number of fused-ring (bicyclic) bond motifs is 8. The smallest absolute Gasteiger partial charge is 0.136 e. The minimum atomic E-state index is -0.101. The summed E-state index contributed by atoms with van der Waals surface area (Å²) in [6.07, 6.45) is 0. The van der Waals surface area contributed by atoms with Gasteiger partial charge in [-0.05, 0) is 84.3 Å². The first-order valence-corrected chi connectivity index (χ1v) is 14.7. The summed E-state index contributed by atoms with van der Waals surface area (Å²) in [5.41, 5.74) is 12.3. The van der Waals surface area contributed by atoms with Gasteiger partial charge in [-0.15, -0.1) is 0 Å². The van der Waals surface area contributed by atoms with Gasteiger partial charge in [-0.3, -0.25) is 0 Å². The maximum atomic E-state index is 6.34. The van der Waals surface area contributed by atoms with E-state index >= 15 is 0 Å². The lowest BCUT2D eigenvalue weighted by Crippen LogP contribution is -2.16. The topological polar surface area (TPSA) is 13.1 Å². The normalized spacial score (nSPS) is 13.7. The molecule has 7 aromatic carbocycles. The predicted octanol–water partition coefficient (Wildman–Crippen LogP) is 11.5. The zero-order chi connectivity index (χ0) is 28.0. The lowest BCUT2D eigenvalue weighted by Gasteiger charge is -2.26. The number of rotatable bonds is 2. The van der Waals surface area contributed by atoms with Crippen molar-refractivity contribution in [3.63, 3.8) is 0 Å². The van der Waals surface area contributed by atoms with E-state index in [0.29, 0.717) is 0 Å². The summed E-state index contributed by atoms with van der Waals surface area (Å²) in [4.78, 5) is 0. The van der Waals surface area contributed by atoms with Crippen molar-refractivity contribution in [3.05, 3.63) is 145 Å². The van der Waals surface area contributed by atoms with Crippen LogP contribution in [0.15, 0.2) is 138 Å². The highest BCUT2D eigenvalue weighted by Crippen LogP contribution is 2.54. The van der Waals surface area contributed by atoms with E-state index in [1.54, 1.807) is 0 Å². The molecule has 0 spiro atoms. The third kappa shape index (κ3) is 3.08. The van der Waals surface area contributed by atoms with E-state index in [-0.39, 0.29) is 5.41 Å². The molecular weight excluding hydrogens is 508 g/mol. The summed E-state index contributed by atoms with van der Waals surface area (Å²) < 4.78 is 6.34. The highest BCUT2D eigenvalue weighted by Gasteiger charge is 2.37. The van der Waals surface area contributed by atoms with E-state index in [9.17, 15) is 0 Å². The number of hydrogen-bond acceptors (Lipinski definition) is 1. The molecular formula is C41H28O. The molecule has 0 saturated carbocycles. The second kappa shape index (κ2) is 8.44. The maximum Gasteiger partial charge on any atom is 0.136 e. The van der Waals surface area contributed by atoms with Gasteiger partial charge < -0.3 is 4.42 Å². The average Bonchev–Trinajstić information content (AvgIpc) is 3.52. The highest BCUT2D eigenvalue weighted by molar-refractivity contribution is 6.22. The second-order valence-corrected chi connectivity index (χ2v) is 12.0. The number of benzene rings is 7. The van der Waals surface area contributed by atoms with Crippen LogP contribution in [-0.4, -0.2) is 0 Å². The van der Waals surface area contributed by atoms with Crippen molar-refractivity contribution < 1.29 is 4.42 Å². The van der Waals surface area contributed by atoms with E-state index in [0.717, 1.165) is 21.9 Å². The molecule has 0 amide bonds. The van der Waals surface area contributed by atoms with Gasteiger partial charge in [0.1, 0.15) is 11.2 Å². The molecule has 0 radical (unpaired) electrons. The minimum absolute atomic E-state index is 0.101. The number of para-hydroxylation sites is 1. The van der Waals surface area contributed by atoms with Crippen LogP contribution in [0.2, 0.25) is 0 Å². The summed E-state index contributed by atoms with van der Waals surface area (Å²) in [6, 6.07) is 48.6. The molecule has 8 aromatic rings. The van der Waals surface area contributed by atoms with Gasteiger partial charge in [0.15, 0.2) is 0 Å². The van der Waals surface area contributed by atoms with Crippen LogP contribution in [0.3, 0.4) is 0 Å². The zero-order valence-corrected chi connectivity index (χ0v) is 23.6. The van der Waals surface area contributed by atoms with Crippen LogP contribution in [0.1, 0.15) is 25.0 Å². The molecule has 1 heterocycles. The first kappa shape index (κ1) is 23.6. The first-order chi connectivity index (χ1) is 20.6. The molecule has 0 saturated heterocycles. The predicted molar refractivity (Wildman–Crippen MR) is 177 cm³/mol. The van der Waals surface area contributed by atoms with Crippen LogP contribution in [0, 0.1) is 0 Å². The Balaban J connectivity index is 1.38. The Kier molecular flexibility index (Phi) is 4.73. The van der Waals surface area contributed by atoms with Gasteiger partial charge in [0.05, 0.1) is 0 Å². The maximum absolute atomic E-state index is 6.34. The molecule has 1 nitrogen and oxygen atoms in total. The van der Waals surface area contributed by atoms with Crippen molar-refractivity contribution in [2.45, 2.75) is 19.3 Å². The fourth-order valence-corrected chi connectivity index (χ4v) is 7.67. The Bertz CT molecular complexity index is 2330. The molecule has 0 unspecified atom stereocenters. The summed E-state index contributed by atoms with van der Waals surface area (Å²) in [7, 11) is 0. The Morgan fingerprint density at radius 2 is 0.976 bits per heavy atom. The van der Waals surface area contributed by atoms with Gasteiger partial charge in [-0.1, -0.05) is 129 Å². The van der Waals surface area contributed by atoms with Crippen molar-refractivity contribution in [2.24, 2.45) is 0 Å². The Morgan fingerprint density at radius 3 is 1.71 bits per heavy atom. The van der Waals surface area contributed by atoms with E-state index in [1.807, 2.05) is 12.1 Å². The molecule has 198 valence electrons. The summed E-state index contributed by atoms with van der Waals surface area (Å²) in [6.45, 7) is 4.75. The Morgan fingerprint density at radius 1 is 0.429 bits per heavy atom. The van der Waals surface area contributed by atoms with Crippen LogP contribution < -0.4 is 0 Å². The fraction of sp³-hybridized carbons (Fsp3) is 0.0732. The lowest BCUT2D eigenvalue weighted by molar-refractivity contribution is 0.662. The van der Waals surface area contributed by atoms with Gasteiger partial charge in [0.25, 0.3) is 0 Å². The largest absolute Gasteiger partial charge is 0.456 e. The second-order valence-electron chi connectivity index (χ2n) is 12.0. The van der Waals surface area contributed by atoms with Crippen LogP contribution in [0.25, 0.3) is 76.9 Å². The van der Waals surface area contributed by atoms with Crippen molar-refractivity contribution in [1.29, 1.82) is 0 Å². The van der Waals surface area contributed by atoms with Gasteiger partial charge in [0.2, 0.25) is 0 Å². The molecule has 9 rings (SSSR count). The summed E-state index contributed by atoms with van der Waals surface area (Å²) in [5.74, 6) is 0. The van der Waals surface area contributed by atoms with Crippen LogP contribution in [-0.2, 0) is 5.41 Å². The molecule has 42 heavy (non-hydrogen) atoms. The van der Waals surface area contributed by atoms with Crippen molar-refractivity contribution in [2.75, 3.05) is 0 Å². The quantitative estimate of drug-likeness (QED) is 0.200. The van der Waals surface area contributed by atoms with E-state index in [2.05, 4.69) is 135 Å². The Hall–Kier alpha value is -5.14. The highest BCUT2D eigenvalue weighted by atomic mass is 16.3. The number of hydrogen-bond donors (Lipinski definition) is 0. The minimum Gasteiger partial charge on any atom is -0.456 e. The summed E-state index contributed by atoms with van der Waals surface area (Å²) >= 11 is 0. The monoisotopic (exact) mass is 536 g/mol. The molecule has 1 aliphatic rings. The molecule has 0 aliphatic heterocycles. The van der Waals surface area contributed by atoms with Crippen molar-refractivity contribution in [1.82, 2.24) is 0 Å². The van der Waals surface area contributed by atoms with E-state index in [4.69, 9.17) is 4.42 Å². The number of furan rings is 1. The lowest BCUT2D eigenvalue weighted by atomic mass is 9.77. The molecule has 0 fully saturated rings. The van der Waals surface area contributed by atoms with Crippen LogP contribution in [0.5, 0.6) is 0 Å². The SMILES string of the molecule is CC1(C)c2ccccc2-c2cccc(-c3c4ccccc4c(-c4ccc5c(c4)oc4ccccc45)c4ccccc34)c21. The molecule has 0 atom stereocenters. The average molecular weight is 537 g/mol. The van der Waals surface area contributed by atoms with Crippen LogP contribution in [0.4, 0.5) is 0 Å². The molecule has 1 aromatic heterocycles. The van der Waals surface area contributed by atoms with Gasteiger partial charge in [0, 0.05) is 16.2 Å². The van der Waals surface area contributed by atoms with Gasteiger partial charge >= 0.3 is 0 Å². The molecule has 0 N–H and O–H groups in total. The summed E-state index contributed by atoms with van der Waals surface area (Å²) in [5, 5.41) is 7.37. The van der Waals surface area contributed by atoms with Gasteiger partial charge in [-0.2, -0.15) is 0 Å². The van der Waals surface area contributed by atoms with E-state index < -0.39 is 0 Å². The molecule has 1 aliphatic carbocycles.